The van der Waals surface area contributed by atoms with Gasteiger partial charge in [-0.3, -0.25) is 4.79 Å². The van der Waals surface area contributed by atoms with Gasteiger partial charge in [-0.05, 0) is 38.8 Å². The number of carbonyl (C=O) groups excluding carboxylic acids is 1. The summed E-state index contributed by atoms with van der Waals surface area (Å²) in [5, 5.41) is 4.61. The van der Waals surface area contributed by atoms with E-state index in [1.54, 1.807) is 7.11 Å². The van der Waals surface area contributed by atoms with Gasteiger partial charge >= 0.3 is 0 Å². The maximum atomic E-state index is 12.9. The van der Waals surface area contributed by atoms with Gasteiger partial charge in [-0.15, -0.1) is 0 Å². The van der Waals surface area contributed by atoms with Crippen LogP contribution in [0.2, 0.25) is 0 Å². The van der Waals surface area contributed by atoms with Crippen molar-refractivity contribution in [2.75, 3.05) is 7.11 Å². The Labute approximate surface area is 145 Å². The molecule has 2 rings (SSSR count). The Morgan fingerprint density at radius 1 is 1.21 bits per heavy atom. The monoisotopic (exact) mass is 330 g/mol. The summed E-state index contributed by atoms with van der Waals surface area (Å²) >= 11 is 0. The standard InChI is InChI=1S/C20H30N2O2/c1-19(2,3)18(23)15(22-20(4,5)6)11-13-12-21-17-14(13)9-8-10-16(17)24-7/h8-10,12,15,21-22H,11H2,1-7H3/t15-/m0/s1. The average molecular weight is 330 g/mol. The number of rotatable bonds is 5. The van der Waals surface area contributed by atoms with Crippen LogP contribution >= 0.6 is 0 Å². The molecular weight excluding hydrogens is 300 g/mol. The average Bonchev–Trinajstić information content (AvgIpc) is 2.86. The molecule has 4 heteroatoms. The summed E-state index contributed by atoms with van der Waals surface area (Å²) in [5.74, 6) is 1.05. The number of fused-ring (bicyclic) bond motifs is 1. The Bertz CT molecular complexity index is 717. The van der Waals surface area contributed by atoms with Crippen LogP contribution in [-0.4, -0.2) is 29.5 Å². The second-order valence-electron chi connectivity index (χ2n) is 8.46. The van der Waals surface area contributed by atoms with Gasteiger partial charge < -0.3 is 15.0 Å². The molecule has 1 atom stereocenters. The summed E-state index contributed by atoms with van der Waals surface area (Å²) in [5.41, 5.74) is 1.60. The number of nitrogens with one attached hydrogen (secondary N) is 2. The van der Waals surface area contributed by atoms with Gasteiger partial charge in [0, 0.05) is 22.5 Å². The number of carbonyl (C=O) groups is 1. The Hall–Kier alpha value is -1.81. The predicted octanol–water partition coefficient (Wildman–Crippen LogP) is 4.09. The first-order valence-corrected chi connectivity index (χ1v) is 8.48. The van der Waals surface area contributed by atoms with E-state index in [9.17, 15) is 4.79 Å². The van der Waals surface area contributed by atoms with Gasteiger partial charge in [0.15, 0.2) is 5.78 Å². The molecule has 0 amide bonds. The maximum absolute atomic E-state index is 12.9. The molecule has 0 aliphatic carbocycles. The second-order valence-corrected chi connectivity index (χ2v) is 8.46. The normalized spacial score (nSPS) is 14.0. The van der Waals surface area contributed by atoms with Crippen LogP contribution in [0.25, 0.3) is 10.9 Å². The molecule has 132 valence electrons. The summed E-state index contributed by atoms with van der Waals surface area (Å²) in [6.45, 7) is 12.2. The van der Waals surface area contributed by atoms with Crippen LogP contribution in [0, 0.1) is 5.41 Å². The molecule has 0 aliphatic heterocycles. The maximum Gasteiger partial charge on any atom is 0.155 e. The minimum absolute atomic E-state index is 0.130. The van der Waals surface area contributed by atoms with E-state index >= 15 is 0 Å². The third kappa shape index (κ3) is 4.18. The number of aromatic nitrogens is 1. The van der Waals surface area contributed by atoms with Crippen LogP contribution in [0.3, 0.4) is 0 Å². The SMILES string of the molecule is COc1cccc2c(C[C@H](NC(C)(C)C)C(=O)C(C)(C)C)c[nH]c12. The van der Waals surface area contributed by atoms with Crippen LogP contribution in [0.1, 0.15) is 47.1 Å². The quantitative estimate of drug-likeness (QED) is 0.868. The summed E-state index contributed by atoms with van der Waals surface area (Å²) in [6.07, 6.45) is 2.64. The lowest BCUT2D eigenvalue weighted by atomic mass is 9.83. The highest BCUT2D eigenvalue weighted by Crippen LogP contribution is 2.29. The van der Waals surface area contributed by atoms with Gasteiger partial charge in [-0.25, -0.2) is 0 Å². The number of hydrogen-bond acceptors (Lipinski definition) is 3. The molecule has 0 unspecified atom stereocenters. The van der Waals surface area contributed by atoms with Crippen LogP contribution in [0.15, 0.2) is 24.4 Å². The number of hydrogen-bond donors (Lipinski definition) is 2. The lowest BCUT2D eigenvalue weighted by Gasteiger charge is -2.31. The van der Waals surface area contributed by atoms with Gasteiger partial charge in [-0.2, -0.15) is 0 Å². The highest BCUT2D eigenvalue weighted by atomic mass is 16.5. The van der Waals surface area contributed by atoms with E-state index in [4.69, 9.17) is 4.74 Å². The molecule has 4 nitrogen and oxygen atoms in total. The first-order chi connectivity index (χ1) is 11.0. The van der Waals surface area contributed by atoms with Crippen molar-refractivity contribution in [2.45, 2.75) is 59.5 Å². The number of para-hydroxylation sites is 1. The van der Waals surface area contributed by atoms with Gasteiger partial charge in [0.05, 0.1) is 18.7 Å². The minimum Gasteiger partial charge on any atom is -0.495 e. The van der Waals surface area contributed by atoms with E-state index in [2.05, 4.69) is 37.1 Å². The largest absolute Gasteiger partial charge is 0.495 e. The first-order valence-electron chi connectivity index (χ1n) is 8.48. The zero-order valence-corrected chi connectivity index (χ0v) is 15.9. The van der Waals surface area contributed by atoms with Crippen molar-refractivity contribution in [2.24, 2.45) is 5.41 Å². The van der Waals surface area contributed by atoms with Crippen LogP contribution in [0.4, 0.5) is 0 Å². The Balaban J connectivity index is 2.38. The molecule has 1 aromatic heterocycles. The van der Waals surface area contributed by atoms with Gasteiger partial charge in [0.1, 0.15) is 5.75 Å². The molecule has 0 saturated carbocycles. The number of ketones is 1. The fraction of sp³-hybridized carbons (Fsp3) is 0.550. The number of aromatic amines is 1. The Morgan fingerprint density at radius 3 is 2.42 bits per heavy atom. The number of ether oxygens (including phenoxy) is 1. The summed E-state index contributed by atoms with van der Waals surface area (Å²) < 4.78 is 5.41. The van der Waals surface area contributed by atoms with Gasteiger partial charge in [0.2, 0.25) is 0 Å². The van der Waals surface area contributed by atoms with Crippen molar-refractivity contribution in [3.63, 3.8) is 0 Å². The molecule has 2 N–H and O–H groups in total. The van der Waals surface area contributed by atoms with Crippen LogP contribution in [0.5, 0.6) is 5.75 Å². The number of H-pyrrole nitrogens is 1. The number of Topliss-reactive ketones (excluding diaryl/α,β-unsaturated/α-hetero) is 1. The fourth-order valence-electron chi connectivity index (χ4n) is 3.00. The summed E-state index contributed by atoms with van der Waals surface area (Å²) in [7, 11) is 1.67. The van der Waals surface area contributed by atoms with Gasteiger partial charge in [0.25, 0.3) is 0 Å². The highest BCUT2D eigenvalue weighted by molar-refractivity contribution is 5.92. The van der Waals surface area contributed by atoms with Crippen molar-refractivity contribution < 1.29 is 9.53 Å². The first kappa shape index (κ1) is 18.5. The number of benzene rings is 1. The topological polar surface area (TPSA) is 54.1 Å². The van der Waals surface area contributed by atoms with Crippen molar-refractivity contribution >= 4 is 16.7 Å². The summed E-state index contributed by atoms with van der Waals surface area (Å²) in [4.78, 5) is 16.2. The van der Waals surface area contributed by atoms with E-state index in [-0.39, 0.29) is 22.8 Å². The van der Waals surface area contributed by atoms with E-state index in [0.717, 1.165) is 22.2 Å². The zero-order valence-electron chi connectivity index (χ0n) is 15.9. The minimum atomic E-state index is -0.382. The smallest absolute Gasteiger partial charge is 0.155 e. The molecule has 1 aromatic carbocycles. The molecule has 0 spiro atoms. The summed E-state index contributed by atoms with van der Waals surface area (Å²) in [6, 6.07) is 5.76. The van der Waals surface area contributed by atoms with E-state index < -0.39 is 0 Å². The van der Waals surface area contributed by atoms with Gasteiger partial charge in [-0.1, -0.05) is 32.9 Å². The zero-order chi connectivity index (χ0) is 18.1. The van der Waals surface area contributed by atoms with Crippen molar-refractivity contribution in [3.8, 4) is 5.75 Å². The van der Waals surface area contributed by atoms with Crippen molar-refractivity contribution in [1.82, 2.24) is 10.3 Å². The molecular formula is C20H30N2O2. The fourth-order valence-corrected chi connectivity index (χ4v) is 3.00. The molecule has 0 radical (unpaired) electrons. The van der Waals surface area contributed by atoms with E-state index in [0.29, 0.717) is 6.42 Å². The van der Waals surface area contributed by atoms with Crippen LogP contribution < -0.4 is 10.1 Å². The lowest BCUT2D eigenvalue weighted by molar-refractivity contribution is -0.128. The molecule has 2 aromatic rings. The number of methoxy groups -OCH3 is 1. The molecule has 1 heterocycles. The molecule has 0 fully saturated rings. The Kier molecular flexibility index (Phi) is 5.09. The Morgan fingerprint density at radius 2 is 1.88 bits per heavy atom. The predicted molar refractivity (Wildman–Crippen MR) is 99.7 cm³/mol. The van der Waals surface area contributed by atoms with E-state index in [1.807, 2.05) is 39.1 Å². The third-order valence-electron chi connectivity index (χ3n) is 4.07. The molecule has 24 heavy (non-hydrogen) atoms. The van der Waals surface area contributed by atoms with Crippen LogP contribution in [-0.2, 0) is 11.2 Å². The lowest BCUT2D eigenvalue weighted by Crippen LogP contribution is -2.51. The second kappa shape index (κ2) is 6.60. The van der Waals surface area contributed by atoms with E-state index in [1.165, 1.54) is 0 Å². The molecule has 0 aliphatic rings. The van der Waals surface area contributed by atoms with Crippen molar-refractivity contribution in [3.05, 3.63) is 30.0 Å². The molecule has 0 bridgehead atoms. The third-order valence-corrected chi connectivity index (χ3v) is 4.07. The molecule has 0 saturated heterocycles. The highest BCUT2D eigenvalue weighted by Gasteiger charge is 2.32. The van der Waals surface area contributed by atoms with Crippen molar-refractivity contribution in [1.29, 1.82) is 0 Å².